The highest BCUT2D eigenvalue weighted by molar-refractivity contribution is 7.92. The molecule has 0 radical (unpaired) electrons. The quantitative estimate of drug-likeness (QED) is 0.531. The second-order valence-electron chi connectivity index (χ2n) is 6.21. The number of rotatable bonds is 7. The van der Waals surface area contributed by atoms with E-state index in [0.717, 1.165) is 16.6 Å². The Kier molecular flexibility index (Phi) is 6.17. The molecule has 0 aliphatic carbocycles. The lowest BCUT2D eigenvalue weighted by molar-refractivity contribution is -0.385. The van der Waals surface area contributed by atoms with E-state index in [1.807, 2.05) is 0 Å². The first-order valence-corrected chi connectivity index (χ1v) is 10.1. The number of hydrogen-bond donors (Lipinski definition) is 1. The van der Waals surface area contributed by atoms with E-state index in [1.165, 1.54) is 50.2 Å². The van der Waals surface area contributed by atoms with E-state index in [4.69, 9.17) is 0 Å². The number of sulfonamides is 1. The molecule has 0 saturated heterocycles. The first-order chi connectivity index (χ1) is 13.4. The standard InChI is InChI=1S/C17H18N4O7S/c1-11-15(8-5-9-16(11)21(25)26)18-17(22)12(2)19(29(3,27)28)13-6-4-7-14(10-13)20(23)24/h4-10,12H,1-3H3,(H,18,22)/t12-/m0/s1. The zero-order valence-electron chi connectivity index (χ0n) is 15.7. The number of nitro benzene ring substituents is 2. The second-order valence-corrected chi connectivity index (χ2v) is 8.07. The molecule has 0 spiro atoms. The number of amides is 1. The van der Waals surface area contributed by atoms with Gasteiger partial charge < -0.3 is 5.32 Å². The van der Waals surface area contributed by atoms with Crippen LogP contribution in [0.1, 0.15) is 12.5 Å². The highest BCUT2D eigenvalue weighted by atomic mass is 32.2. The molecule has 2 aromatic carbocycles. The predicted molar refractivity (Wildman–Crippen MR) is 106 cm³/mol. The largest absolute Gasteiger partial charge is 0.324 e. The highest BCUT2D eigenvalue weighted by Gasteiger charge is 2.30. The molecule has 2 aromatic rings. The Morgan fingerprint density at radius 1 is 1.10 bits per heavy atom. The summed E-state index contributed by atoms with van der Waals surface area (Å²) in [5, 5.41) is 24.5. The molecule has 0 aliphatic rings. The number of carbonyl (C=O) groups is 1. The molecule has 0 heterocycles. The predicted octanol–water partition coefficient (Wildman–Crippen LogP) is 2.60. The molecule has 1 atom stereocenters. The molecular formula is C17H18N4O7S. The topological polar surface area (TPSA) is 153 Å². The van der Waals surface area contributed by atoms with Crippen LogP contribution in [0.5, 0.6) is 0 Å². The summed E-state index contributed by atoms with van der Waals surface area (Å²) in [6, 6.07) is 7.71. The SMILES string of the molecule is Cc1c(NC(=O)[C@H](C)N(c2cccc([N+](=O)[O-])c2)S(C)(=O)=O)cccc1[N+](=O)[O-]. The lowest BCUT2D eigenvalue weighted by Crippen LogP contribution is -2.45. The Labute approximate surface area is 166 Å². The van der Waals surface area contributed by atoms with Crippen LogP contribution in [0.2, 0.25) is 0 Å². The van der Waals surface area contributed by atoms with Crippen LogP contribution in [0.3, 0.4) is 0 Å². The van der Waals surface area contributed by atoms with Crippen molar-refractivity contribution in [2.24, 2.45) is 0 Å². The summed E-state index contributed by atoms with van der Waals surface area (Å²) in [6.07, 6.45) is 0.869. The third-order valence-corrected chi connectivity index (χ3v) is 5.38. The van der Waals surface area contributed by atoms with Crippen molar-refractivity contribution < 1.29 is 23.1 Å². The zero-order chi connectivity index (χ0) is 21.9. The number of anilines is 2. The summed E-state index contributed by atoms with van der Waals surface area (Å²) >= 11 is 0. The molecule has 0 aromatic heterocycles. The van der Waals surface area contributed by atoms with Crippen LogP contribution in [0.4, 0.5) is 22.7 Å². The average molecular weight is 422 g/mol. The molecule has 29 heavy (non-hydrogen) atoms. The average Bonchev–Trinajstić information content (AvgIpc) is 2.62. The first kappa shape index (κ1) is 21.8. The summed E-state index contributed by atoms with van der Waals surface area (Å²) in [5.74, 6) is -0.759. The number of carbonyl (C=O) groups excluding carboxylic acids is 1. The third-order valence-electron chi connectivity index (χ3n) is 4.14. The van der Waals surface area contributed by atoms with E-state index in [-0.39, 0.29) is 28.3 Å². The van der Waals surface area contributed by atoms with Gasteiger partial charge in [-0.05, 0) is 26.0 Å². The summed E-state index contributed by atoms with van der Waals surface area (Å²) in [5.41, 5.74) is -0.227. The van der Waals surface area contributed by atoms with Gasteiger partial charge >= 0.3 is 0 Å². The number of benzene rings is 2. The van der Waals surface area contributed by atoms with Crippen LogP contribution in [-0.4, -0.2) is 36.5 Å². The van der Waals surface area contributed by atoms with Crippen LogP contribution in [0.15, 0.2) is 42.5 Å². The number of non-ortho nitro benzene ring substituents is 1. The van der Waals surface area contributed by atoms with Gasteiger partial charge in [-0.1, -0.05) is 12.1 Å². The molecule has 2 rings (SSSR count). The van der Waals surface area contributed by atoms with Crippen molar-refractivity contribution in [2.45, 2.75) is 19.9 Å². The van der Waals surface area contributed by atoms with Gasteiger partial charge in [-0.25, -0.2) is 8.42 Å². The summed E-state index contributed by atoms with van der Waals surface area (Å²) in [7, 11) is -3.99. The maximum absolute atomic E-state index is 12.7. The zero-order valence-corrected chi connectivity index (χ0v) is 16.5. The molecule has 0 bridgehead atoms. The second kappa shape index (κ2) is 8.22. The fourth-order valence-corrected chi connectivity index (χ4v) is 3.91. The van der Waals surface area contributed by atoms with Crippen molar-refractivity contribution in [3.05, 3.63) is 68.3 Å². The normalized spacial score (nSPS) is 12.1. The maximum Gasteiger partial charge on any atom is 0.274 e. The van der Waals surface area contributed by atoms with Crippen molar-refractivity contribution in [1.82, 2.24) is 0 Å². The van der Waals surface area contributed by atoms with Crippen molar-refractivity contribution in [2.75, 3.05) is 15.9 Å². The van der Waals surface area contributed by atoms with Crippen molar-refractivity contribution in [3.63, 3.8) is 0 Å². The van der Waals surface area contributed by atoms with Crippen LogP contribution in [0, 0.1) is 27.2 Å². The molecule has 154 valence electrons. The number of nitrogens with one attached hydrogen (secondary N) is 1. The fourth-order valence-electron chi connectivity index (χ4n) is 2.75. The molecule has 0 unspecified atom stereocenters. The molecule has 0 fully saturated rings. The van der Waals surface area contributed by atoms with E-state index in [9.17, 15) is 33.4 Å². The van der Waals surface area contributed by atoms with Gasteiger partial charge in [0.2, 0.25) is 15.9 Å². The molecule has 1 amide bonds. The van der Waals surface area contributed by atoms with Gasteiger partial charge in [-0.15, -0.1) is 0 Å². The number of nitro groups is 2. The molecule has 0 saturated carbocycles. The minimum atomic E-state index is -3.99. The summed E-state index contributed by atoms with van der Waals surface area (Å²) in [6.45, 7) is 2.76. The Balaban J connectivity index is 2.41. The molecule has 11 nitrogen and oxygen atoms in total. The van der Waals surface area contributed by atoms with Gasteiger partial charge in [0.25, 0.3) is 11.4 Å². The maximum atomic E-state index is 12.7. The molecular weight excluding hydrogens is 404 g/mol. The molecule has 1 N–H and O–H groups in total. The Morgan fingerprint density at radius 3 is 2.28 bits per heavy atom. The Hall–Kier alpha value is -3.54. The summed E-state index contributed by atoms with van der Waals surface area (Å²) in [4.78, 5) is 33.5. The van der Waals surface area contributed by atoms with Gasteiger partial charge in [0.1, 0.15) is 6.04 Å². The van der Waals surface area contributed by atoms with Crippen molar-refractivity contribution in [3.8, 4) is 0 Å². The van der Waals surface area contributed by atoms with Gasteiger partial charge in [-0.3, -0.25) is 29.3 Å². The van der Waals surface area contributed by atoms with Gasteiger partial charge in [0, 0.05) is 18.2 Å². The monoisotopic (exact) mass is 422 g/mol. The van der Waals surface area contributed by atoms with Gasteiger partial charge in [0.15, 0.2) is 0 Å². The molecule has 0 aliphatic heterocycles. The van der Waals surface area contributed by atoms with Crippen molar-refractivity contribution in [1.29, 1.82) is 0 Å². The van der Waals surface area contributed by atoms with Gasteiger partial charge in [-0.2, -0.15) is 0 Å². The van der Waals surface area contributed by atoms with Crippen LogP contribution >= 0.6 is 0 Å². The summed E-state index contributed by atoms with van der Waals surface area (Å²) < 4.78 is 25.4. The van der Waals surface area contributed by atoms with E-state index in [2.05, 4.69) is 5.32 Å². The first-order valence-electron chi connectivity index (χ1n) is 8.22. The smallest absolute Gasteiger partial charge is 0.274 e. The molecule has 12 heteroatoms. The fraction of sp³-hybridized carbons (Fsp3) is 0.235. The van der Waals surface area contributed by atoms with Crippen LogP contribution < -0.4 is 9.62 Å². The lowest BCUT2D eigenvalue weighted by atomic mass is 10.1. The van der Waals surface area contributed by atoms with E-state index in [1.54, 1.807) is 0 Å². The highest BCUT2D eigenvalue weighted by Crippen LogP contribution is 2.28. The van der Waals surface area contributed by atoms with E-state index >= 15 is 0 Å². The minimum Gasteiger partial charge on any atom is -0.324 e. The minimum absolute atomic E-state index is 0.0554. The van der Waals surface area contributed by atoms with Gasteiger partial charge in [0.05, 0.1) is 33.0 Å². The lowest BCUT2D eigenvalue weighted by Gasteiger charge is -2.28. The van der Waals surface area contributed by atoms with E-state index < -0.39 is 31.8 Å². The number of nitrogens with zero attached hydrogens (tertiary/aromatic N) is 3. The van der Waals surface area contributed by atoms with Crippen molar-refractivity contribution >= 4 is 38.7 Å². The number of hydrogen-bond acceptors (Lipinski definition) is 7. The van der Waals surface area contributed by atoms with Crippen LogP contribution in [0.25, 0.3) is 0 Å². The Morgan fingerprint density at radius 2 is 1.72 bits per heavy atom. The van der Waals surface area contributed by atoms with E-state index in [0.29, 0.717) is 0 Å². The van der Waals surface area contributed by atoms with Crippen LogP contribution in [-0.2, 0) is 14.8 Å². The Bertz CT molecular complexity index is 1080. The third kappa shape index (κ3) is 4.85.